The van der Waals surface area contributed by atoms with Gasteiger partial charge in [0.2, 0.25) is 82.7 Å². The zero-order valence-electron chi connectivity index (χ0n) is 60.1. The maximum Gasteiger partial charge on any atom is 0.326 e. The molecule has 0 aliphatic heterocycles. The molecule has 0 fully saturated rings. The standard InChI is InChI=1S/C67H103N15O21S/c1-12-33(7)53(81-60(95)44(26-38-16-20-40(85)21-17-38)78-65(100)54(34(8)13-2)80-57(92)41(68)25-37-14-18-39(84)19-15-37)63(98)71-30-50(88)73-45(27-48(69)86)59(94)76-43(24-31(3)4)58(93)77-46(28-49(70)87)61(96)79-52(32(5)6)64(99)72-35(9)56(91)75-47(29-51(89)90)62(97)82-55(36(10)83)66(101)74-42(67(102)103)22-23-104-11/h14-21,31-36,41-47,52-55,83-85H,12-13,22-30,68H2,1-11H3,(H2,69,86)(H2,70,87)(H,71,98)(H,72,99)(H,73,88)(H,74,101)(H,75,91)(H,76,94)(H,77,93)(H,78,100)(H,79,96)(H,80,92)(H,81,95)(H,82,97)(H,89,90)(H,102,103)/t33-,34-,35-,36+,41-,42-,43-,44-,45-,46-,47-,52-,53-,54-,55-/m0/s1. The Morgan fingerprint density at radius 3 is 1.31 bits per heavy atom. The molecule has 578 valence electrons. The van der Waals surface area contributed by atoms with Crippen molar-refractivity contribution in [1.82, 2.24) is 63.8 Å². The van der Waals surface area contributed by atoms with Gasteiger partial charge in [-0.2, -0.15) is 11.8 Å². The number of carboxylic acids is 2. The molecular weight excluding hydrogens is 1380 g/mol. The molecule has 0 saturated heterocycles. The molecule has 0 aromatic heterocycles. The maximum atomic E-state index is 14.4. The van der Waals surface area contributed by atoms with Crippen LogP contribution in [0.5, 0.6) is 11.5 Å². The van der Waals surface area contributed by atoms with E-state index in [0.717, 1.165) is 13.8 Å². The Bertz CT molecular complexity index is 3330. The van der Waals surface area contributed by atoms with Gasteiger partial charge in [0, 0.05) is 6.42 Å². The second kappa shape index (κ2) is 44.4. The second-order valence-corrected chi connectivity index (χ2v) is 27.1. The van der Waals surface area contributed by atoms with Crippen molar-refractivity contribution in [3.63, 3.8) is 0 Å². The lowest BCUT2D eigenvalue weighted by molar-refractivity contribution is -0.144. The van der Waals surface area contributed by atoms with Crippen molar-refractivity contribution in [2.24, 2.45) is 40.9 Å². The fourth-order valence-corrected chi connectivity index (χ4v) is 10.5. The highest BCUT2D eigenvalue weighted by molar-refractivity contribution is 7.98. The molecule has 0 spiro atoms. The van der Waals surface area contributed by atoms with Crippen LogP contribution < -0.4 is 81.0 Å². The largest absolute Gasteiger partial charge is 0.508 e. The number of nitrogens with one attached hydrogen (secondary N) is 12. The summed E-state index contributed by atoms with van der Waals surface area (Å²) in [5.74, 6) is -20.0. The minimum atomic E-state index is -1.96. The van der Waals surface area contributed by atoms with Crippen LogP contribution in [0.1, 0.15) is 125 Å². The Labute approximate surface area is 606 Å². The maximum absolute atomic E-state index is 14.4. The predicted octanol–water partition coefficient (Wildman–Crippen LogP) is -4.08. The van der Waals surface area contributed by atoms with Crippen LogP contribution in [-0.4, -0.2) is 217 Å². The molecule has 0 saturated carbocycles. The molecule has 14 amide bonds. The molecule has 2 aromatic carbocycles. The lowest BCUT2D eigenvalue weighted by atomic mass is 9.95. The Hall–Kier alpha value is -10.2. The Balaban J connectivity index is 2.33. The van der Waals surface area contributed by atoms with Crippen LogP contribution in [0.15, 0.2) is 48.5 Å². The first-order valence-corrected chi connectivity index (χ1v) is 35.1. The van der Waals surface area contributed by atoms with E-state index in [1.54, 1.807) is 59.9 Å². The summed E-state index contributed by atoms with van der Waals surface area (Å²) in [5.41, 5.74) is 18.3. The average molecular weight is 1490 g/mol. The number of aliphatic hydroxyl groups is 1. The van der Waals surface area contributed by atoms with Gasteiger partial charge in [0.05, 0.1) is 38.0 Å². The summed E-state index contributed by atoms with van der Waals surface area (Å²) in [6, 6.07) is -7.14. The highest BCUT2D eigenvalue weighted by Crippen LogP contribution is 2.18. The summed E-state index contributed by atoms with van der Waals surface area (Å²) >= 11 is 1.28. The second-order valence-electron chi connectivity index (χ2n) is 26.1. The Morgan fingerprint density at radius 2 is 0.837 bits per heavy atom. The van der Waals surface area contributed by atoms with Crippen LogP contribution in [0, 0.1) is 23.7 Å². The fourth-order valence-electron chi connectivity index (χ4n) is 10.1. The number of thioether (sulfide) groups is 1. The van der Waals surface area contributed by atoms with E-state index in [1.807, 2.05) is 0 Å². The normalized spacial score (nSPS) is 15.5. The van der Waals surface area contributed by atoms with Crippen molar-refractivity contribution < 1.29 is 102 Å². The molecule has 0 aliphatic carbocycles. The van der Waals surface area contributed by atoms with Gasteiger partial charge in [-0.25, -0.2) is 4.79 Å². The zero-order chi connectivity index (χ0) is 79.0. The highest BCUT2D eigenvalue weighted by Gasteiger charge is 2.39. The van der Waals surface area contributed by atoms with Crippen molar-refractivity contribution in [2.75, 3.05) is 18.6 Å². The SMILES string of the molecule is CC[C@H](C)[C@H](NC(=O)[C@H](Cc1ccc(O)cc1)NC(=O)[C@@H](NC(=O)[C@@H](N)Cc1ccc(O)cc1)[C@@H](C)CC)C(=O)NCC(=O)N[C@@H](CC(N)=O)C(=O)N[C@@H](CC(C)C)C(=O)N[C@@H](CC(N)=O)C(=O)N[C@H](C(=O)N[C@@H](C)C(=O)N[C@@H](CC(=O)O)C(=O)N[C@H](C(=O)N[C@@H](CCSC)C(=O)O)[C@@H](C)O)C(C)C. The van der Waals surface area contributed by atoms with Crippen LogP contribution in [0.2, 0.25) is 0 Å². The molecule has 0 aliphatic rings. The van der Waals surface area contributed by atoms with E-state index in [4.69, 9.17) is 17.2 Å². The van der Waals surface area contributed by atoms with Gasteiger partial charge < -0.3 is 107 Å². The van der Waals surface area contributed by atoms with E-state index in [0.29, 0.717) is 23.3 Å². The van der Waals surface area contributed by atoms with Crippen molar-refractivity contribution in [3.05, 3.63) is 59.7 Å². The van der Waals surface area contributed by atoms with Gasteiger partial charge in [0.25, 0.3) is 0 Å². The van der Waals surface area contributed by atoms with E-state index >= 15 is 0 Å². The monoisotopic (exact) mass is 1490 g/mol. The van der Waals surface area contributed by atoms with Crippen LogP contribution in [0.25, 0.3) is 0 Å². The third-order valence-electron chi connectivity index (χ3n) is 16.5. The molecule has 36 nitrogen and oxygen atoms in total. The number of amides is 14. The molecule has 15 atom stereocenters. The van der Waals surface area contributed by atoms with Gasteiger partial charge in [-0.15, -0.1) is 0 Å². The summed E-state index contributed by atoms with van der Waals surface area (Å²) in [5, 5.41) is 77.9. The molecule has 23 N–H and O–H groups in total. The van der Waals surface area contributed by atoms with Gasteiger partial charge in [0.15, 0.2) is 0 Å². The number of aromatic hydroxyl groups is 2. The van der Waals surface area contributed by atoms with E-state index < -0.39 is 223 Å². The van der Waals surface area contributed by atoms with Crippen LogP contribution in [0.3, 0.4) is 0 Å². The number of carbonyl (C=O) groups excluding carboxylic acids is 14. The molecule has 37 heteroatoms. The van der Waals surface area contributed by atoms with Crippen LogP contribution in [-0.2, 0) is 89.6 Å². The first-order chi connectivity index (χ1) is 48.6. The number of hydrogen-bond acceptors (Lipinski definition) is 21. The molecule has 2 rings (SSSR count). The lowest BCUT2D eigenvalue weighted by Gasteiger charge is -2.29. The molecule has 2 aromatic rings. The third-order valence-corrected chi connectivity index (χ3v) is 17.1. The van der Waals surface area contributed by atoms with Gasteiger partial charge in [0.1, 0.15) is 78.0 Å². The Morgan fingerprint density at radius 1 is 0.442 bits per heavy atom. The number of aliphatic carboxylic acids is 2. The minimum absolute atomic E-state index is 0.00532. The number of phenolic OH excluding ortho intramolecular Hbond substituents is 2. The molecule has 0 heterocycles. The molecule has 0 radical (unpaired) electrons. The number of hydrogen-bond donors (Lipinski definition) is 20. The zero-order valence-corrected chi connectivity index (χ0v) is 60.9. The van der Waals surface area contributed by atoms with Gasteiger partial charge in [-0.3, -0.25) is 71.9 Å². The topological polar surface area (TPSA) is 597 Å². The predicted molar refractivity (Wildman–Crippen MR) is 377 cm³/mol. The number of aliphatic hydroxyl groups excluding tert-OH is 1. The first kappa shape index (κ1) is 89.9. The van der Waals surface area contributed by atoms with Crippen molar-refractivity contribution >= 4 is 106 Å². The van der Waals surface area contributed by atoms with Crippen molar-refractivity contribution in [2.45, 2.75) is 206 Å². The van der Waals surface area contributed by atoms with Gasteiger partial charge in [-0.05, 0) is 104 Å². The highest BCUT2D eigenvalue weighted by atomic mass is 32.2. The summed E-state index contributed by atoms with van der Waals surface area (Å²) in [7, 11) is 0. The average Bonchev–Trinajstić information content (AvgIpc) is 0.832. The van der Waals surface area contributed by atoms with Crippen LogP contribution in [0.4, 0.5) is 0 Å². The Kier molecular flexibility index (Phi) is 38.4. The number of primary amides is 2. The number of rotatable bonds is 46. The number of benzene rings is 2. The molecule has 0 unspecified atom stereocenters. The molecule has 104 heavy (non-hydrogen) atoms. The van der Waals surface area contributed by atoms with E-state index in [1.165, 1.54) is 62.0 Å². The fraction of sp³-hybridized carbons (Fsp3) is 0.582. The lowest BCUT2D eigenvalue weighted by Crippen LogP contribution is -2.61. The number of carboxylic acid groups (broad SMARTS) is 2. The van der Waals surface area contributed by atoms with Crippen LogP contribution >= 0.6 is 11.8 Å². The van der Waals surface area contributed by atoms with Gasteiger partial charge >= 0.3 is 11.9 Å². The molecular formula is C67H103N15O21S. The number of phenols is 2. The summed E-state index contributed by atoms with van der Waals surface area (Å²) in [6.07, 6.45) is -2.55. The summed E-state index contributed by atoms with van der Waals surface area (Å²) in [6.45, 7) is 14.3. The summed E-state index contributed by atoms with van der Waals surface area (Å²) < 4.78 is 0. The number of nitrogens with two attached hydrogens (primary N) is 3. The van der Waals surface area contributed by atoms with Gasteiger partial charge in [-0.1, -0.05) is 92.5 Å². The first-order valence-electron chi connectivity index (χ1n) is 33.7. The van der Waals surface area contributed by atoms with E-state index in [2.05, 4.69) is 63.8 Å². The van der Waals surface area contributed by atoms with Crippen molar-refractivity contribution in [3.8, 4) is 11.5 Å². The smallest absolute Gasteiger partial charge is 0.326 e. The number of carbonyl (C=O) groups is 16. The third kappa shape index (κ3) is 31.6. The minimum Gasteiger partial charge on any atom is -0.508 e. The van der Waals surface area contributed by atoms with E-state index in [-0.39, 0.29) is 43.6 Å². The van der Waals surface area contributed by atoms with E-state index in [9.17, 15) is 102 Å². The van der Waals surface area contributed by atoms with Crippen molar-refractivity contribution in [1.29, 1.82) is 0 Å². The quantitative estimate of drug-likeness (QED) is 0.0300. The molecule has 0 bridgehead atoms. The summed E-state index contributed by atoms with van der Waals surface area (Å²) in [4.78, 5) is 214.